The van der Waals surface area contributed by atoms with Crippen LogP contribution in [0.4, 0.5) is 0 Å². The number of hydrogen-bond acceptors (Lipinski definition) is 4. The van der Waals surface area contributed by atoms with Gasteiger partial charge < -0.3 is 19.7 Å². The summed E-state index contributed by atoms with van der Waals surface area (Å²) in [7, 11) is 3.08. The van der Waals surface area contributed by atoms with Gasteiger partial charge in [-0.3, -0.25) is 0 Å². The topological polar surface area (TPSA) is 58.9 Å². The van der Waals surface area contributed by atoms with E-state index in [1.165, 1.54) is 0 Å². The number of benzene rings is 1. The molecule has 0 radical (unpaired) electrons. The fraction of sp³-hybridized carbons (Fsp3) is 0.571. The highest BCUT2D eigenvalue weighted by Gasteiger charge is 2.27. The molecule has 0 heterocycles. The second-order valence-corrected chi connectivity index (χ2v) is 4.99. The predicted molar refractivity (Wildman–Crippen MR) is 69.3 cm³/mol. The standard InChI is InChI=1S/C14H22O4/c1-13(15,9-17-3)11-6-5-7-12(8-11)14(2,16)10-18-4/h5-8,15-16H,9-10H2,1-4H3. The Morgan fingerprint density at radius 2 is 1.33 bits per heavy atom. The second-order valence-electron chi connectivity index (χ2n) is 4.99. The summed E-state index contributed by atoms with van der Waals surface area (Å²) in [6, 6.07) is 7.20. The van der Waals surface area contributed by atoms with Crippen molar-refractivity contribution in [1.82, 2.24) is 0 Å². The molecule has 4 nitrogen and oxygen atoms in total. The maximum Gasteiger partial charge on any atom is 0.110 e. The van der Waals surface area contributed by atoms with Crippen molar-refractivity contribution in [2.45, 2.75) is 25.0 Å². The van der Waals surface area contributed by atoms with Gasteiger partial charge in [-0.15, -0.1) is 0 Å². The molecule has 18 heavy (non-hydrogen) atoms. The summed E-state index contributed by atoms with van der Waals surface area (Å²) >= 11 is 0. The molecular weight excluding hydrogens is 232 g/mol. The first-order valence-corrected chi connectivity index (χ1v) is 5.87. The average molecular weight is 254 g/mol. The lowest BCUT2D eigenvalue weighted by Gasteiger charge is -2.27. The molecule has 0 saturated heterocycles. The molecule has 0 fully saturated rings. The van der Waals surface area contributed by atoms with E-state index in [4.69, 9.17) is 9.47 Å². The minimum absolute atomic E-state index is 0.197. The van der Waals surface area contributed by atoms with Crippen LogP contribution in [0.5, 0.6) is 0 Å². The molecule has 0 aliphatic rings. The molecule has 2 atom stereocenters. The Morgan fingerprint density at radius 1 is 0.944 bits per heavy atom. The van der Waals surface area contributed by atoms with E-state index in [1.807, 2.05) is 12.1 Å². The molecular formula is C14H22O4. The summed E-state index contributed by atoms with van der Waals surface area (Å²) in [6.45, 7) is 3.76. The lowest BCUT2D eigenvalue weighted by molar-refractivity contribution is -0.0258. The maximum atomic E-state index is 10.3. The van der Waals surface area contributed by atoms with Crippen LogP contribution in [0.15, 0.2) is 24.3 Å². The number of rotatable bonds is 6. The van der Waals surface area contributed by atoms with E-state index in [0.29, 0.717) is 11.1 Å². The van der Waals surface area contributed by atoms with Crippen LogP contribution in [0.25, 0.3) is 0 Å². The molecule has 102 valence electrons. The summed E-state index contributed by atoms with van der Waals surface area (Å²) in [5.41, 5.74) is -0.738. The molecule has 4 heteroatoms. The summed E-state index contributed by atoms with van der Waals surface area (Å²) in [5.74, 6) is 0. The normalized spacial score (nSPS) is 18.1. The van der Waals surface area contributed by atoms with Gasteiger partial charge >= 0.3 is 0 Å². The van der Waals surface area contributed by atoms with E-state index in [9.17, 15) is 10.2 Å². The van der Waals surface area contributed by atoms with Crippen LogP contribution in [-0.4, -0.2) is 37.6 Å². The van der Waals surface area contributed by atoms with Crippen LogP contribution in [0.2, 0.25) is 0 Å². The van der Waals surface area contributed by atoms with Gasteiger partial charge in [0.2, 0.25) is 0 Å². The first kappa shape index (κ1) is 15.1. The van der Waals surface area contributed by atoms with Gasteiger partial charge in [-0.25, -0.2) is 0 Å². The number of aliphatic hydroxyl groups is 2. The third kappa shape index (κ3) is 3.53. The Balaban J connectivity index is 3.06. The largest absolute Gasteiger partial charge is 0.383 e. The molecule has 0 amide bonds. The smallest absolute Gasteiger partial charge is 0.110 e. The van der Waals surface area contributed by atoms with Gasteiger partial charge in [-0.05, 0) is 31.0 Å². The van der Waals surface area contributed by atoms with Crippen molar-refractivity contribution in [3.8, 4) is 0 Å². The van der Waals surface area contributed by atoms with Gasteiger partial charge in [-0.2, -0.15) is 0 Å². The van der Waals surface area contributed by atoms with Crippen molar-refractivity contribution < 1.29 is 19.7 Å². The molecule has 0 spiro atoms. The van der Waals surface area contributed by atoms with E-state index in [2.05, 4.69) is 0 Å². The van der Waals surface area contributed by atoms with Gasteiger partial charge in [0.15, 0.2) is 0 Å². The zero-order chi connectivity index (χ0) is 13.8. The van der Waals surface area contributed by atoms with Crippen LogP contribution in [-0.2, 0) is 20.7 Å². The monoisotopic (exact) mass is 254 g/mol. The van der Waals surface area contributed by atoms with Gasteiger partial charge in [0, 0.05) is 14.2 Å². The van der Waals surface area contributed by atoms with Crippen molar-refractivity contribution >= 4 is 0 Å². The van der Waals surface area contributed by atoms with Gasteiger partial charge in [0.1, 0.15) is 11.2 Å². The van der Waals surface area contributed by atoms with Crippen molar-refractivity contribution in [2.75, 3.05) is 27.4 Å². The molecule has 2 unspecified atom stereocenters. The van der Waals surface area contributed by atoms with Gasteiger partial charge in [-0.1, -0.05) is 18.2 Å². The molecule has 0 aromatic heterocycles. The first-order valence-electron chi connectivity index (χ1n) is 5.87. The highest BCUT2D eigenvalue weighted by atomic mass is 16.5. The Labute approximate surface area is 108 Å². The average Bonchev–Trinajstić information content (AvgIpc) is 2.29. The van der Waals surface area contributed by atoms with Gasteiger partial charge in [0.25, 0.3) is 0 Å². The second kappa shape index (κ2) is 5.80. The molecule has 1 aromatic carbocycles. The van der Waals surface area contributed by atoms with E-state index in [0.717, 1.165) is 0 Å². The van der Waals surface area contributed by atoms with Crippen molar-refractivity contribution in [3.05, 3.63) is 35.4 Å². The quantitative estimate of drug-likeness (QED) is 0.805. The molecule has 1 rings (SSSR count). The van der Waals surface area contributed by atoms with Crippen LogP contribution in [0.3, 0.4) is 0 Å². The summed E-state index contributed by atoms with van der Waals surface area (Å²) < 4.78 is 9.99. The predicted octanol–water partition coefficient (Wildman–Crippen LogP) is 1.39. The maximum absolute atomic E-state index is 10.3. The number of methoxy groups -OCH3 is 2. The minimum Gasteiger partial charge on any atom is -0.383 e. The molecule has 2 N–H and O–H groups in total. The first-order chi connectivity index (χ1) is 8.33. The van der Waals surface area contributed by atoms with Gasteiger partial charge in [0.05, 0.1) is 13.2 Å². The van der Waals surface area contributed by atoms with Crippen molar-refractivity contribution in [2.24, 2.45) is 0 Å². The van der Waals surface area contributed by atoms with Crippen molar-refractivity contribution in [3.63, 3.8) is 0 Å². The fourth-order valence-electron chi connectivity index (χ4n) is 1.92. The Bertz CT molecular complexity index is 352. The highest BCUT2D eigenvalue weighted by molar-refractivity contribution is 5.31. The molecule has 0 aliphatic heterocycles. The lowest BCUT2D eigenvalue weighted by atomic mass is 9.90. The highest BCUT2D eigenvalue weighted by Crippen LogP contribution is 2.27. The Morgan fingerprint density at radius 3 is 1.67 bits per heavy atom. The minimum atomic E-state index is -1.08. The summed E-state index contributed by atoms with van der Waals surface area (Å²) in [6.07, 6.45) is 0. The van der Waals surface area contributed by atoms with E-state index in [-0.39, 0.29) is 13.2 Å². The Hall–Kier alpha value is -0.940. The zero-order valence-corrected chi connectivity index (χ0v) is 11.4. The molecule has 0 saturated carbocycles. The summed E-state index contributed by atoms with van der Waals surface area (Å²) in [5, 5.41) is 20.5. The lowest BCUT2D eigenvalue weighted by Crippen LogP contribution is -2.30. The number of ether oxygens (including phenoxy) is 2. The fourth-order valence-corrected chi connectivity index (χ4v) is 1.92. The zero-order valence-electron chi connectivity index (χ0n) is 11.4. The molecule has 1 aromatic rings. The third-order valence-corrected chi connectivity index (χ3v) is 2.96. The van der Waals surface area contributed by atoms with Crippen LogP contribution in [0.1, 0.15) is 25.0 Å². The SMILES string of the molecule is COCC(C)(O)c1cccc(C(C)(O)COC)c1. The summed E-state index contributed by atoms with van der Waals surface area (Å²) in [4.78, 5) is 0. The van der Waals surface area contributed by atoms with Crippen LogP contribution < -0.4 is 0 Å². The Kier molecular flexibility index (Phi) is 4.87. The van der Waals surface area contributed by atoms with Crippen molar-refractivity contribution in [1.29, 1.82) is 0 Å². The van der Waals surface area contributed by atoms with Crippen LogP contribution in [0, 0.1) is 0 Å². The molecule has 0 bridgehead atoms. The number of hydrogen-bond donors (Lipinski definition) is 2. The van der Waals surface area contributed by atoms with E-state index < -0.39 is 11.2 Å². The third-order valence-electron chi connectivity index (χ3n) is 2.96. The van der Waals surface area contributed by atoms with E-state index in [1.54, 1.807) is 40.2 Å². The van der Waals surface area contributed by atoms with E-state index >= 15 is 0 Å². The molecule has 0 aliphatic carbocycles. The van der Waals surface area contributed by atoms with Crippen LogP contribution >= 0.6 is 0 Å².